The van der Waals surface area contributed by atoms with Crippen molar-refractivity contribution in [1.29, 1.82) is 0 Å². The van der Waals surface area contributed by atoms with E-state index in [1.165, 1.54) is 38.5 Å². The van der Waals surface area contributed by atoms with E-state index >= 15 is 0 Å². The number of hydrogen-bond acceptors (Lipinski definition) is 2. The van der Waals surface area contributed by atoms with Gasteiger partial charge in [0, 0.05) is 12.1 Å². The summed E-state index contributed by atoms with van der Waals surface area (Å²) in [6.45, 7) is 10.3. The first-order valence-electron chi connectivity index (χ1n) is 8.37. The molecule has 2 atom stereocenters. The fraction of sp³-hybridized carbons (Fsp3) is 1.00. The molecule has 114 valence electrons. The second-order valence-corrected chi connectivity index (χ2v) is 7.43. The van der Waals surface area contributed by atoms with Crippen molar-refractivity contribution in [2.75, 3.05) is 13.6 Å². The normalized spacial score (nSPS) is 24.9. The van der Waals surface area contributed by atoms with E-state index in [9.17, 15) is 0 Å². The van der Waals surface area contributed by atoms with Crippen LogP contribution in [-0.2, 0) is 0 Å². The van der Waals surface area contributed by atoms with Gasteiger partial charge in [-0.05, 0) is 57.0 Å². The van der Waals surface area contributed by atoms with E-state index in [-0.39, 0.29) is 0 Å². The summed E-state index contributed by atoms with van der Waals surface area (Å²) in [5.41, 5.74) is 6.01. The highest BCUT2D eigenvalue weighted by molar-refractivity contribution is 4.86. The van der Waals surface area contributed by atoms with Crippen molar-refractivity contribution in [2.24, 2.45) is 23.5 Å². The highest BCUT2D eigenvalue weighted by atomic mass is 15.2. The first-order valence-corrected chi connectivity index (χ1v) is 8.37. The van der Waals surface area contributed by atoms with E-state index in [0.717, 1.165) is 36.4 Å². The number of nitrogens with two attached hydrogens (primary N) is 1. The quantitative estimate of drug-likeness (QED) is 0.759. The third-order valence-electron chi connectivity index (χ3n) is 4.76. The minimum Gasteiger partial charge on any atom is -0.330 e. The van der Waals surface area contributed by atoms with Gasteiger partial charge in [-0.15, -0.1) is 0 Å². The Balaban J connectivity index is 2.69. The summed E-state index contributed by atoms with van der Waals surface area (Å²) < 4.78 is 0. The maximum atomic E-state index is 6.01. The molecule has 0 aromatic carbocycles. The van der Waals surface area contributed by atoms with E-state index in [4.69, 9.17) is 5.73 Å². The summed E-state index contributed by atoms with van der Waals surface area (Å²) in [5.74, 6) is 2.29. The molecule has 1 rings (SSSR count). The van der Waals surface area contributed by atoms with Crippen molar-refractivity contribution in [3.63, 3.8) is 0 Å². The van der Waals surface area contributed by atoms with Gasteiger partial charge in [-0.2, -0.15) is 0 Å². The van der Waals surface area contributed by atoms with Crippen LogP contribution in [-0.4, -0.2) is 30.6 Å². The van der Waals surface area contributed by atoms with E-state index in [1.54, 1.807) is 0 Å². The van der Waals surface area contributed by atoms with Crippen LogP contribution in [0.15, 0.2) is 0 Å². The molecule has 0 aliphatic heterocycles. The molecule has 0 spiro atoms. The van der Waals surface area contributed by atoms with Crippen LogP contribution in [0.1, 0.15) is 66.2 Å². The zero-order valence-electron chi connectivity index (χ0n) is 13.9. The largest absolute Gasteiger partial charge is 0.330 e. The number of hydrogen-bond donors (Lipinski definition) is 1. The average molecular weight is 268 g/mol. The third kappa shape index (κ3) is 5.43. The van der Waals surface area contributed by atoms with E-state index < -0.39 is 0 Å². The second-order valence-electron chi connectivity index (χ2n) is 7.43. The third-order valence-corrected chi connectivity index (χ3v) is 4.76. The van der Waals surface area contributed by atoms with Crippen molar-refractivity contribution in [3.05, 3.63) is 0 Å². The van der Waals surface area contributed by atoms with Gasteiger partial charge < -0.3 is 10.6 Å². The molecule has 2 N–H and O–H groups in total. The van der Waals surface area contributed by atoms with Crippen molar-refractivity contribution in [3.8, 4) is 0 Å². The van der Waals surface area contributed by atoms with Gasteiger partial charge >= 0.3 is 0 Å². The minimum atomic E-state index is 0.723. The topological polar surface area (TPSA) is 29.3 Å². The molecule has 2 heteroatoms. The smallest absolute Gasteiger partial charge is 0.0135 e. The maximum Gasteiger partial charge on any atom is 0.0135 e. The van der Waals surface area contributed by atoms with Gasteiger partial charge in [-0.3, -0.25) is 0 Å². The van der Waals surface area contributed by atoms with Gasteiger partial charge in [-0.25, -0.2) is 0 Å². The predicted octanol–water partition coefficient (Wildman–Crippen LogP) is 3.90. The molecule has 0 amide bonds. The van der Waals surface area contributed by atoms with Crippen LogP contribution in [0.25, 0.3) is 0 Å². The maximum absolute atomic E-state index is 6.01. The average Bonchev–Trinajstić information content (AvgIpc) is 2.36. The molecule has 1 aliphatic carbocycles. The Morgan fingerprint density at radius 1 is 1.00 bits per heavy atom. The Morgan fingerprint density at radius 3 is 2.00 bits per heavy atom. The molecular formula is C17H36N2. The van der Waals surface area contributed by atoms with E-state index in [2.05, 4.69) is 39.6 Å². The lowest BCUT2D eigenvalue weighted by Gasteiger charge is -2.43. The van der Waals surface area contributed by atoms with Crippen LogP contribution < -0.4 is 5.73 Å². The summed E-state index contributed by atoms with van der Waals surface area (Å²) in [7, 11) is 2.36. The van der Waals surface area contributed by atoms with Gasteiger partial charge in [0.25, 0.3) is 0 Å². The zero-order chi connectivity index (χ0) is 14.4. The summed E-state index contributed by atoms with van der Waals surface area (Å²) in [6.07, 6.45) is 8.10. The van der Waals surface area contributed by atoms with Crippen LogP contribution in [0.3, 0.4) is 0 Å². The van der Waals surface area contributed by atoms with E-state index in [0.29, 0.717) is 0 Å². The summed E-state index contributed by atoms with van der Waals surface area (Å²) in [6, 6.07) is 1.46. The first kappa shape index (κ1) is 17.0. The lowest BCUT2D eigenvalue weighted by atomic mass is 9.82. The molecule has 19 heavy (non-hydrogen) atoms. The standard InChI is InChI=1S/C17H36N2/c1-13(2)10-16(11-14(3)4)19(5)17-9-7-6-8-15(17)12-18/h13-17H,6-12,18H2,1-5H3. The molecule has 2 nitrogen and oxygen atoms in total. The summed E-state index contributed by atoms with van der Waals surface area (Å²) in [4.78, 5) is 2.69. The Morgan fingerprint density at radius 2 is 1.53 bits per heavy atom. The molecular weight excluding hydrogens is 232 g/mol. The van der Waals surface area contributed by atoms with Gasteiger partial charge in [0.2, 0.25) is 0 Å². The van der Waals surface area contributed by atoms with Crippen LogP contribution >= 0.6 is 0 Å². The lowest BCUT2D eigenvalue weighted by Crippen LogP contribution is -2.48. The number of nitrogens with zero attached hydrogens (tertiary/aromatic N) is 1. The fourth-order valence-corrected chi connectivity index (χ4v) is 3.79. The second kappa shape index (κ2) is 8.26. The minimum absolute atomic E-state index is 0.723. The predicted molar refractivity (Wildman–Crippen MR) is 85.3 cm³/mol. The van der Waals surface area contributed by atoms with Crippen LogP contribution in [0.5, 0.6) is 0 Å². The van der Waals surface area contributed by atoms with Gasteiger partial charge in [0.15, 0.2) is 0 Å². The Hall–Kier alpha value is -0.0800. The molecule has 0 aromatic heterocycles. The number of rotatable bonds is 7. The molecule has 0 heterocycles. The van der Waals surface area contributed by atoms with Crippen LogP contribution in [0.2, 0.25) is 0 Å². The molecule has 1 aliphatic rings. The van der Waals surface area contributed by atoms with Gasteiger partial charge in [0.1, 0.15) is 0 Å². The molecule has 1 fully saturated rings. The summed E-state index contributed by atoms with van der Waals surface area (Å²) >= 11 is 0. The SMILES string of the molecule is CC(C)CC(CC(C)C)N(C)C1CCCCC1CN. The molecule has 0 bridgehead atoms. The van der Waals surface area contributed by atoms with Crippen LogP contribution in [0, 0.1) is 17.8 Å². The molecule has 0 radical (unpaired) electrons. The van der Waals surface area contributed by atoms with Crippen LogP contribution in [0.4, 0.5) is 0 Å². The zero-order valence-corrected chi connectivity index (χ0v) is 13.9. The Labute approximate surface area is 121 Å². The Kier molecular flexibility index (Phi) is 7.38. The summed E-state index contributed by atoms with van der Waals surface area (Å²) in [5, 5.41) is 0. The molecule has 0 saturated heterocycles. The monoisotopic (exact) mass is 268 g/mol. The van der Waals surface area contributed by atoms with Gasteiger partial charge in [-0.1, -0.05) is 40.5 Å². The Bertz CT molecular complexity index is 227. The van der Waals surface area contributed by atoms with Crippen molar-refractivity contribution in [1.82, 2.24) is 4.90 Å². The van der Waals surface area contributed by atoms with Crippen molar-refractivity contribution >= 4 is 0 Å². The lowest BCUT2D eigenvalue weighted by molar-refractivity contribution is 0.0716. The molecule has 0 aromatic rings. The van der Waals surface area contributed by atoms with E-state index in [1.807, 2.05) is 0 Å². The molecule has 2 unspecified atom stereocenters. The first-order chi connectivity index (χ1) is 8.95. The van der Waals surface area contributed by atoms with Crippen molar-refractivity contribution in [2.45, 2.75) is 78.3 Å². The highest BCUT2D eigenvalue weighted by Gasteiger charge is 2.31. The van der Waals surface area contributed by atoms with Gasteiger partial charge in [0.05, 0.1) is 0 Å². The molecule has 1 saturated carbocycles. The van der Waals surface area contributed by atoms with Crippen molar-refractivity contribution < 1.29 is 0 Å². The fourth-order valence-electron chi connectivity index (χ4n) is 3.79. The highest BCUT2D eigenvalue weighted by Crippen LogP contribution is 2.31.